The van der Waals surface area contributed by atoms with Crippen LogP contribution >= 0.6 is 0 Å². The number of rotatable bonds is 7. The van der Waals surface area contributed by atoms with Crippen LogP contribution in [0.15, 0.2) is 0 Å². The Morgan fingerprint density at radius 1 is 1.38 bits per heavy atom. The molecule has 0 saturated carbocycles. The van der Waals surface area contributed by atoms with Gasteiger partial charge in [0.2, 0.25) is 5.91 Å². The number of hydrogen-bond acceptors (Lipinski definition) is 3. The number of nitrogens with one attached hydrogen (secondary N) is 2. The minimum atomic E-state index is -0.126. The standard InChI is InChI=1S/C9H20N2O2/c1-8(9(13)10-2)11-6-4-3-5-7-12/h8,11-12H,3-7H2,1-2H3,(H,10,13). The Morgan fingerprint density at radius 2 is 2.08 bits per heavy atom. The molecule has 1 unspecified atom stereocenters. The van der Waals surface area contributed by atoms with Crippen LogP contribution in [0.1, 0.15) is 26.2 Å². The Balaban J connectivity index is 3.26. The molecule has 0 spiro atoms. The second kappa shape index (κ2) is 8.01. The van der Waals surface area contributed by atoms with Crippen LogP contribution in [0.5, 0.6) is 0 Å². The van der Waals surface area contributed by atoms with Crippen molar-refractivity contribution in [2.75, 3.05) is 20.2 Å². The van der Waals surface area contributed by atoms with Crippen molar-refractivity contribution in [1.82, 2.24) is 10.6 Å². The molecule has 0 radical (unpaired) electrons. The maximum absolute atomic E-state index is 11.0. The smallest absolute Gasteiger partial charge is 0.236 e. The minimum absolute atomic E-state index is 0.0159. The highest BCUT2D eigenvalue weighted by atomic mass is 16.2. The van der Waals surface area contributed by atoms with Crippen LogP contribution in [-0.2, 0) is 4.79 Å². The fraction of sp³-hybridized carbons (Fsp3) is 0.889. The highest BCUT2D eigenvalue weighted by Gasteiger charge is 2.08. The zero-order valence-corrected chi connectivity index (χ0v) is 8.47. The lowest BCUT2D eigenvalue weighted by Gasteiger charge is -2.11. The van der Waals surface area contributed by atoms with Crippen molar-refractivity contribution in [2.45, 2.75) is 32.2 Å². The molecule has 0 saturated heterocycles. The van der Waals surface area contributed by atoms with E-state index in [-0.39, 0.29) is 18.6 Å². The van der Waals surface area contributed by atoms with Crippen molar-refractivity contribution in [3.05, 3.63) is 0 Å². The van der Waals surface area contributed by atoms with Gasteiger partial charge in [0, 0.05) is 13.7 Å². The van der Waals surface area contributed by atoms with Gasteiger partial charge in [0.05, 0.1) is 6.04 Å². The SMILES string of the molecule is CNC(=O)C(C)NCCCCCO. The van der Waals surface area contributed by atoms with E-state index in [1.165, 1.54) is 0 Å². The molecular weight excluding hydrogens is 168 g/mol. The van der Waals surface area contributed by atoms with Gasteiger partial charge in [0.15, 0.2) is 0 Å². The largest absolute Gasteiger partial charge is 0.396 e. The van der Waals surface area contributed by atoms with Gasteiger partial charge in [-0.15, -0.1) is 0 Å². The van der Waals surface area contributed by atoms with Gasteiger partial charge in [-0.05, 0) is 32.7 Å². The molecule has 0 aliphatic carbocycles. The topological polar surface area (TPSA) is 61.4 Å². The third-order valence-electron chi connectivity index (χ3n) is 1.93. The summed E-state index contributed by atoms with van der Waals surface area (Å²) in [6.07, 6.45) is 2.85. The number of carbonyl (C=O) groups is 1. The summed E-state index contributed by atoms with van der Waals surface area (Å²) in [6.45, 7) is 2.92. The van der Waals surface area contributed by atoms with E-state index in [0.717, 1.165) is 25.8 Å². The predicted molar refractivity (Wildman–Crippen MR) is 52.5 cm³/mol. The lowest BCUT2D eigenvalue weighted by Crippen LogP contribution is -2.40. The summed E-state index contributed by atoms with van der Waals surface area (Å²) in [5.74, 6) is 0.0159. The number of unbranched alkanes of at least 4 members (excludes halogenated alkanes) is 2. The molecule has 0 aromatic rings. The van der Waals surface area contributed by atoms with Crippen LogP contribution in [0.25, 0.3) is 0 Å². The lowest BCUT2D eigenvalue weighted by molar-refractivity contribution is -0.122. The second-order valence-corrected chi connectivity index (χ2v) is 3.07. The van der Waals surface area contributed by atoms with Crippen molar-refractivity contribution in [3.8, 4) is 0 Å². The molecule has 0 aromatic carbocycles. The van der Waals surface area contributed by atoms with Crippen molar-refractivity contribution < 1.29 is 9.90 Å². The van der Waals surface area contributed by atoms with Crippen molar-refractivity contribution in [2.24, 2.45) is 0 Å². The molecule has 78 valence electrons. The third-order valence-corrected chi connectivity index (χ3v) is 1.93. The van der Waals surface area contributed by atoms with Gasteiger partial charge in [-0.2, -0.15) is 0 Å². The summed E-state index contributed by atoms with van der Waals surface area (Å²) in [5, 5.41) is 14.2. The Labute approximate surface area is 79.7 Å². The third kappa shape index (κ3) is 6.54. The minimum Gasteiger partial charge on any atom is -0.396 e. The monoisotopic (exact) mass is 188 g/mol. The van der Waals surface area contributed by atoms with E-state index in [1.807, 2.05) is 6.92 Å². The first kappa shape index (κ1) is 12.4. The van der Waals surface area contributed by atoms with E-state index >= 15 is 0 Å². The van der Waals surface area contributed by atoms with E-state index < -0.39 is 0 Å². The Bertz CT molecular complexity index is 140. The Kier molecular flexibility index (Phi) is 7.63. The van der Waals surface area contributed by atoms with Gasteiger partial charge in [-0.3, -0.25) is 4.79 Å². The van der Waals surface area contributed by atoms with Gasteiger partial charge < -0.3 is 15.7 Å². The van der Waals surface area contributed by atoms with Crippen molar-refractivity contribution >= 4 is 5.91 Å². The van der Waals surface area contributed by atoms with Gasteiger partial charge >= 0.3 is 0 Å². The predicted octanol–water partition coefficient (Wildman–Crippen LogP) is -0.127. The summed E-state index contributed by atoms with van der Waals surface area (Å²) < 4.78 is 0. The van der Waals surface area contributed by atoms with Crippen LogP contribution in [0, 0.1) is 0 Å². The number of aliphatic hydroxyl groups is 1. The highest BCUT2D eigenvalue weighted by molar-refractivity contribution is 5.80. The maximum atomic E-state index is 11.0. The Hall–Kier alpha value is -0.610. The van der Waals surface area contributed by atoms with Crippen LogP contribution in [0.2, 0.25) is 0 Å². The van der Waals surface area contributed by atoms with Crippen LogP contribution < -0.4 is 10.6 Å². The van der Waals surface area contributed by atoms with Crippen LogP contribution in [0.3, 0.4) is 0 Å². The zero-order chi connectivity index (χ0) is 10.1. The maximum Gasteiger partial charge on any atom is 0.236 e. The summed E-state index contributed by atoms with van der Waals surface area (Å²) >= 11 is 0. The quantitative estimate of drug-likeness (QED) is 0.488. The molecule has 0 aromatic heterocycles. The van der Waals surface area contributed by atoms with Crippen LogP contribution in [0.4, 0.5) is 0 Å². The molecule has 1 amide bonds. The molecular formula is C9H20N2O2. The highest BCUT2D eigenvalue weighted by Crippen LogP contribution is 1.92. The number of hydrogen-bond donors (Lipinski definition) is 3. The summed E-state index contributed by atoms with van der Waals surface area (Å²) in [7, 11) is 1.63. The Morgan fingerprint density at radius 3 is 2.62 bits per heavy atom. The number of carbonyl (C=O) groups excluding carboxylic acids is 1. The fourth-order valence-corrected chi connectivity index (χ4v) is 1.04. The first-order valence-corrected chi connectivity index (χ1v) is 4.78. The van der Waals surface area contributed by atoms with E-state index in [0.29, 0.717) is 0 Å². The molecule has 1 atom stereocenters. The van der Waals surface area contributed by atoms with Gasteiger partial charge in [0.1, 0.15) is 0 Å². The molecule has 0 bridgehead atoms. The lowest BCUT2D eigenvalue weighted by atomic mass is 10.2. The summed E-state index contributed by atoms with van der Waals surface area (Å²) in [6, 6.07) is -0.126. The van der Waals surface area contributed by atoms with Gasteiger partial charge in [-0.25, -0.2) is 0 Å². The summed E-state index contributed by atoms with van der Waals surface area (Å²) in [4.78, 5) is 11.0. The molecule has 3 N–H and O–H groups in total. The van der Waals surface area contributed by atoms with Gasteiger partial charge in [-0.1, -0.05) is 0 Å². The fourth-order valence-electron chi connectivity index (χ4n) is 1.04. The van der Waals surface area contributed by atoms with E-state index in [2.05, 4.69) is 10.6 Å². The van der Waals surface area contributed by atoms with E-state index in [9.17, 15) is 4.79 Å². The second-order valence-electron chi connectivity index (χ2n) is 3.07. The molecule has 0 aliphatic rings. The van der Waals surface area contributed by atoms with E-state index in [1.54, 1.807) is 7.05 Å². The average Bonchev–Trinajstić information content (AvgIpc) is 2.16. The molecule has 4 heteroatoms. The first-order valence-electron chi connectivity index (χ1n) is 4.78. The van der Waals surface area contributed by atoms with Gasteiger partial charge in [0.25, 0.3) is 0 Å². The molecule has 0 heterocycles. The molecule has 0 fully saturated rings. The first-order chi connectivity index (χ1) is 6.22. The normalized spacial score (nSPS) is 12.5. The average molecular weight is 188 g/mol. The van der Waals surface area contributed by atoms with E-state index in [4.69, 9.17) is 5.11 Å². The number of aliphatic hydroxyl groups excluding tert-OH is 1. The van der Waals surface area contributed by atoms with Crippen molar-refractivity contribution in [1.29, 1.82) is 0 Å². The number of amides is 1. The molecule has 0 aliphatic heterocycles. The van der Waals surface area contributed by atoms with Crippen molar-refractivity contribution in [3.63, 3.8) is 0 Å². The number of likely N-dealkylation sites (N-methyl/N-ethyl adjacent to an activating group) is 1. The molecule has 4 nitrogen and oxygen atoms in total. The van der Waals surface area contributed by atoms with Crippen LogP contribution in [-0.4, -0.2) is 37.3 Å². The molecule has 13 heavy (non-hydrogen) atoms. The summed E-state index contributed by atoms with van der Waals surface area (Å²) in [5.41, 5.74) is 0. The zero-order valence-electron chi connectivity index (χ0n) is 8.47. The molecule has 0 rings (SSSR count).